The quantitative estimate of drug-likeness (QED) is 0.300. The van der Waals surface area contributed by atoms with Crippen LogP contribution in [-0.2, 0) is 24.3 Å². The van der Waals surface area contributed by atoms with E-state index in [1.807, 2.05) is 44.2 Å². The summed E-state index contributed by atoms with van der Waals surface area (Å²) in [5, 5.41) is 7.61. The maximum absolute atomic E-state index is 13.8. The summed E-state index contributed by atoms with van der Waals surface area (Å²) >= 11 is 1.18. The summed E-state index contributed by atoms with van der Waals surface area (Å²) < 4.78 is 17.1. The van der Waals surface area contributed by atoms with Crippen molar-refractivity contribution < 1.29 is 9.18 Å². The smallest absolute Gasteiger partial charge is 0.280 e. The molecule has 0 spiro atoms. The standard InChI is InChI=1S/C25H26FN5O2S/c1-4-31-23-22(17(3)29-31)28-25(30(24(23)33)13-12-18-8-6-5-7-9-18)34-15-21(32)27-19-11-10-16(2)20(26)14-19/h5-11,14H,4,12-13,15H2,1-3H3,(H,27,32). The van der Waals surface area contributed by atoms with Crippen LogP contribution < -0.4 is 10.9 Å². The van der Waals surface area contributed by atoms with Crippen molar-refractivity contribution in [2.75, 3.05) is 11.1 Å². The second-order valence-electron chi connectivity index (χ2n) is 7.99. The van der Waals surface area contributed by atoms with Gasteiger partial charge in [0, 0.05) is 18.8 Å². The molecule has 0 saturated carbocycles. The summed E-state index contributed by atoms with van der Waals surface area (Å²) in [4.78, 5) is 30.8. The van der Waals surface area contributed by atoms with Crippen molar-refractivity contribution in [2.24, 2.45) is 0 Å². The van der Waals surface area contributed by atoms with Crippen LogP contribution >= 0.6 is 11.8 Å². The third kappa shape index (κ3) is 5.04. The lowest BCUT2D eigenvalue weighted by Crippen LogP contribution is -2.26. The third-order valence-electron chi connectivity index (χ3n) is 5.54. The third-order valence-corrected chi connectivity index (χ3v) is 6.51. The number of hydrogen-bond donors (Lipinski definition) is 1. The van der Waals surface area contributed by atoms with E-state index in [0.717, 1.165) is 5.56 Å². The molecule has 0 fully saturated rings. The molecule has 0 atom stereocenters. The molecule has 2 heterocycles. The van der Waals surface area contributed by atoms with E-state index in [-0.39, 0.29) is 23.0 Å². The highest BCUT2D eigenvalue weighted by atomic mass is 32.2. The number of aromatic nitrogens is 4. The van der Waals surface area contributed by atoms with Crippen molar-refractivity contribution in [3.63, 3.8) is 0 Å². The molecule has 0 aliphatic rings. The molecule has 1 N–H and O–H groups in total. The Kier molecular flexibility index (Phi) is 7.12. The number of thioether (sulfide) groups is 1. The summed E-state index contributed by atoms with van der Waals surface area (Å²) in [7, 11) is 0. The van der Waals surface area contributed by atoms with Crippen LogP contribution in [0.1, 0.15) is 23.7 Å². The average molecular weight is 480 g/mol. The van der Waals surface area contributed by atoms with E-state index in [4.69, 9.17) is 4.98 Å². The second-order valence-corrected chi connectivity index (χ2v) is 8.93. The number of carbonyl (C=O) groups excluding carboxylic acids is 1. The van der Waals surface area contributed by atoms with Crippen molar-refractivity contribution in [1.29, 1.82) is 0 Å². The van der Waals surface area contributed by atoms with E-state index in [2.05, 4.69) is 10.4 Å². The number of anilines is 1. The van der Waals surface area contributed by atoms with Gasteiger partial charge in [-0.1, -0.05) is 48.2 Å². The zero-order valence-corrected chi connectivity index (χ0v) is 20.2. The summed E-state index contributed by atoms with van der Waals surface area (Å²) in [6, 6.07) is 14.5. The molecule has 34 heavy (non-hydrogen) atoms. The van der Waals surface area contributed by atoms with Crippen molar-refractivity contribution in [3.8, 4) is 0 Å². The van der Waals surface area contributed by atoms with Gasteiger partial charge < -0.3 is 5.32 Å². The predicted molar refractivity (Wildman–Crippen MR) is 133 cm³/mol. The van der Waals surface area contributed by atoms with Gasteiger partial charge in [0.15, 0.2) is 10.7 Å². The molecule has 0 aliphatic heterocycles. The number of amides is 1. The van der Waals surface area contributed by atoms with Gasteiger partial charge in [0.1, 0.15) is 11.3 Å². The van der Waals surface area contributed by atoms with Crippen LogP contribution in [0.4, 0.5) is 10.1 Å². The molecule has 7 nitrogen and oxygen atoms in total. The minimum absolute atomic E-state index is 0.0275. The number of fused-ring (bicyclic) bond motifs is 1. The molecule has 0 bridgehead atoms. The van der Waals surface area contributed by atoms with Crippen molar-refractivity contribution in [3.05, 3.63) is 81.5 Å². The van der Waals surface area contributed by atoms with Crippen molar-refractivity contribution >= 4 is 34.4 Å². The average Bonchev–Trinajstić information content (AvgIpc) is 3.16. The Morgan fingerprint density at radius 3 is 2.62 bits per heavy atom. The van der Waals surface area contributed by atoms with E-state index in [0.29, 0.717) is 52.6 Å². The van der Waals surface area contributed by atoms with E-state index < -0.39 is 0 Å². The maximum atomic E-state index is 13.8. The lowest BCUT2D eigenvalue weighted by Gasteiger charge is -2.13. The van der Waals surface area contributed by atoms with Crippen LogP contribution in [0.5, 0.6) is 0 Å². The van der Waals surface area contributed by atoms with Crippen LogP contribution in [0, 0.1) is 19.7 Å². The Bertz CT molecular complexity index is 1400. The van der Waals surface area contributed by atoms with Crippen molar-refractivity contribution in [1.82, 2.24) is 19.3 Å². The minimum Gasteiger partial charge on any atom is -0.325 e. The molecule has 4 rings (SSSR count). The zero-order chi connectivity index (χ0) is 24.2. The Hall–Kier alpha value is -3.46. The fourth-order valence-electron chi connectivity index (χ4n) is 3.71. The van der Waals surface area contributed by atoms with Crippen LogP contribution in [0.3, 0.4) is 0 Å². The molecule has 2 aromatic heterocycles. The first-order valence-corrected chi connectivity index (χ1v) is 12.1. The molecule has 176 valence electrons. The number of nitrogens with zero attached hydrogens (tertiary/aromatic N) is 4. The fourth-order valence-corrected chi connectivity index (χ4v) is 4.53. The highest BCUT2D eigenvalue weighted by molar-refractivity contribution is 7.99. The van der Waals surface area contributed by atoms with E-state index in [9.17, 15) is 14.0 Å². The summed E-state index contributed by atoms with van der Waals surface area (Å²) in [6.45, 7) is 6.40. The molecule has 0 radical (unpaired) electrons. The van der Waals surface area contributed by atoms with Crippen LogP contribution in [0.15, 0.2) is 58.5 Å². The molecule has 0 saturated heterocycles. The van der Waals surface area contributed by atoms with E-state index in [1.165, 1.54) is 17.8 Å². The first-order chi connectivity index (χ1) is 16.4. The summed E-state index contributed by atoms with van der Waals surface area (Å²) in [6.07, 6.45) is 0.648. The lowest BCUT2D eigenvalue weighted by atomic mass is 10.1. The van der Waals surface area contributed by atoms with Crippen LogP contribution in [-0.4, -0.2) is 31.0 Å². The Morgan fingerprint density at radius 1 is 1.15 bits per heavy atom. The molecule has 0 unspecified atom stereocenters. The highest BCUT2D eigenvalue weighted by Crippen LogP contribution is 2.21. The monoisotopic (exact) mass is 479 g/mol. The first-order valence-electron chi connectivity index (χ1n) is 11.1. The predicted octanol–water partition coefficient (Wildman–Crippen LogP) is 4.34. The molecule has 4 aromatic rings. The van der Waals surface area contributed by atoms with Gasteiger partial charge in [0.25, 0.3) is 5.56 Å². The molecular weight excluding hydrogens is 453 g/mol. The molecule has 2 aromatic carbocycles. The second kappa shape index (κ2) is 10.2. The van der Waals surface area contributed by atoms with E-state index in [1.54, 1.807) is 28.3 Å². The zero-order valence-electron chi connectivity index (χ0n) is 19.3. The van der Waals surface area contributed by atoms with Gasteiger partial charge in [-0.15, -0.1) is 0 Å². The SMILES string of the molecule is CCn1nc(C)c2nc(SCC(=O)Nc3ccc(C)c(F)c3)n(CCc3ccccc3)c(=O)c21. The van der Waals surface area contributed by atoms with Gasteiger partial charge >= 0.3 is 0 Å². The largest absolute Gasteiger partial charge is 0.325 e. The summed E-state index contributed by atoms with van der Waals surface area (Å²) in [5.41, 5.74) is 3.51. The summed E-state index contributed by atoms with van der Waals surface area (Å²) in [5.74, 6) is -0.659. The number of aryl methyl sites for hydroxylation is 4. The number of halogens is 1. The minimum atomic E-state index is -0.379. The highest BCUT2D eigenvalue weighted by Gasteiger charge is 2.19. The number of benzene rings is 2. The molecule has 1 amide bonds. The number of hydrogen-bond acceptors (Lipinski definition) is 5. The van der Waals surface area contributed by atoms with Gasteiger partial charge in [0.05, 0.1) is 11.4 Å². The normalized spacial score (nSPS) is 11.2. The Balaban J connectivity index is 1.61. The van der Waals surface area contributed by atoms with Crippen LogP contribution in [0.25, 0.3) is 11.0 Å². The van der Waals surface area contributed by atoms with Gasteiger partial charge in [-0.05, 0) is 50.5 Å². The topological polar surface area (TPSA) is 81.8 Å². The Morgan fingerprint density at radius 2 is 1.91 bits per heavy atom. The van der Waals surface area contributed by atoms with Gasteiger partial charge in [-0.25, -0.2) is 9.37 Å². The van der Waals surface area contributed by atoms with Crippen LogP contribution in [0.2, 0.25) is 0 Å². The molecular formula is C25H26FN5O2S. The van der Waals surface area contributed by atoms with Crippen molar-refractivity contribution in [2.45, 2.75) is 45.4 Å². The number of rotatable bonds is 8. The lowest BCUT2D eigenvalue weighted by molar-refractivity contribution is -0.113. The van der Waals surface area contributed by atoms with E-state index >= 15 is 0 Å². The van der Waals surface area contributed by atoms with Gasteiger partial charge in [-0.2, -0.15) is 5.10 Å². The van der Waals surface area contributed by atoms with Gasteiger partial charge in [0.2, 0.25) is 5.91 Å². The fraction of sp³-hybridized carbons (Fsp3) is 0.280. The molecule has 9 heteroatoms. The Labute approximate surface area is 201 Å². The number of carbonyl (C=O) groups is 1. The van der Waals surface area contributed by atoms with Gasteiger partial charge in [-0.3, -0.25) is 18.8 Å². The molecule has 0 aliphatic carbocycles. The maximum Gasteiger partial charge on any atom is 0.280 e. The first kappa shape index (κ1) is 23.7. The number of nitrogens with one attached hydrogen (secondary N) is 1.